The molecule has 6 nitrogen and oxygen atoms in total. The number of nitrogens with zero attached hydrogens (tertiary/aromatic N) is 5. The summed E-state index contributed by atoms with van der Waals surface area (Å²) in [6.45, 7) is 2.04. The molecule has 1 saturated heterocycles. The fraction of sp³-hybridized carbons (Fsp3) is 0.389. The number of fused-ring (bicyclic) bond motifs is 1. The number of phenols is 1. The number of aromatic nitrogens is 4. The van der Waals surface area contributed by atoms with Crippen molar-refractivity contribution in [1.29, 1.82) is 0 Å². The molecule has 1 fully saturated rings. The van der Waals surface area contributed by atoms with Crippen LogP contribution >= 0.6 is 0 Å². The lowest BCUT2D eigenvalue weighted by Gasteiger charge is -2.32. The van der Waals surface area contributed by atoms with Crippen LogP contribution in [0.5, 0.6) is 5.75 Å². The van der Waals surface area contributed by atoms with E-state index in [9.17, 15) is 5.11 Å². The van der Waals surface area contributed by atoms with Crippen LogP contribution in [0.2, 0.25) is 0 Å². The molecule has 124 valence electrons. The van der Waals surface area contributed by atoms with Crippen LogP contribution in [0.25, 0.3) is 22.6 Å². The van der Waals surface area contributed by atoms with E-state index in [1.54, 1.807) is 18.3 Å². The maximum absolute atomic E-state index is 9.44. The number of piperidine rings is 1. The molecule has 0 aliphatic carbocycles. The Morgan fingerprint density at radius 1 is 1.17 bits per heavy atom. The summed E-state index contributed by atoms with van der Waals surface area (Å²) in [5.41, 5.74) is 3.22. The van der Waals surface area contributed by atoms with E-state index < -0.39 is 0 Å². The van der Waals surface area contributed by atoms with Crippen molar-refractivity contribution in [1.82, 2.24) is 24.4 Å². The fourth-order valence-corrected chi connectivity index (χ4v) is 3.34. The van der Waals surface area contributed by atoms with Crippen LogP contribution in [0.4, 0.5) is 0 Å². The molecular weight excluding hydrogens is 302 g/mol. The lowest BCUT2D eigenvalue weighted by Crippen LogP contribution is -2.39. The van der Waals surface area contributed by atoms with E-state index in [-0.39, 0.29) is 5.75 Å². The summed E-state index contributed by atoms with van der Waals surface area (Å²) in [6, 6.07) is 7.54. The van der Waals surface area contributed by atoms with Gasteiger partial charge in [0.05, 0.1) is 18.2 Å². The maximum Gasteiger partial charge on any atom is 0.197 e. The number of benzene rings is 1. The summed E-state index contributed by atoms with van der Waals surface area (Å²) in [4.78, 5) is 16.0. The van der Waals surface area contributed by atoms with Crippen LogP contribution in [0, 0.1) is 0 Å². The van der Waals surface area contributed by atoms with Crippen LogP contribution in [0.3, 0.4) is 0 Å². The molecule has 0 bridgehead atoms. The highest BCUT2D eigenvalue weighted by atomic mass is 16.3. The highest BCUT2D eigenvalue weighted by molar-refractivity contribution is 5.71. The number of aromatic hydroxyl groups is 1. The fourth-order valence-electron chi connectivity index (χ4n) is 3.34. The Hall–Kier alpha value is -2.47. The van der Waals surface area contributed by atoms with Crippen molar-refractivity contribution >= 4 is 11.3 Å². The number of hydrogen-bond acceptors (Lipinski definition) is 5. The molecule has 0 saturated carbocycles. The molecule has 0 amide bonds. The lowest BCUT2D eigenvalue weighted by molar-refractivity contribution is 0.168. The average molecular weight is 323 g/mol. The second kappa shape index (κ2) is 6.20. The molecule has 0 spiro atoms. The van der Waals surface area contributed by atoms with Crippen LogP contribution in [0.15, 0.2) is 36.8 Å². The SMILES string of the molecule is CN1CCCCC1Cn1cnc2ncc(-c3ccc(O)cc3)nc21. The van der Waals surface area contributed by atoms with E-state index in [1.807, 2.05) is 18.5 Å². The number of phenolic OH excluding ortho intramolecular Hbond substituents is 1. The Morgan fingerprint density at radius 3 is 2.79 bits per heavy atom. The van der Waals surface area contributed by atoms with Gasteiger partial charge in [-0.2, -0.15) is 0 Å². The van der Waals surface area contributed by atoms with Gasteiger partial charge in [-0.3, -0.25) is 0 Å². The first kappa shape index (κ1) is 15.1. The Morgan fingerprint density at radius 2 is 2.00 bits per heavy atom. The summed E-state index contributed by atoms with van der Waals surface area (Å²) in [5, 5.41) is 9.44. The molecule has 1 atom stereocenters. The van der Waals surface area contributed by atoms with Gasteiger partial charge in [0.25, 0.3) is 0 Å². The van der Waals surface area contributed by atoms with Crippen molar-refractivity contribution in [2.24, 2.45) is 0 Å². The third-order valence-electron chi connectivity index (χ3n) is 4.82. The van der Waals surface area contributed by atoms with Crippen molar-refractivity contribution in [2.75, 3.05) is 13.6 Å². The van der Waals surface area contributed by atoms with Crippen molar-refractivity contribution in [3.63, 3.8) is 0 Å². The topological polar surface area (TPSA) is 67.1 Å². The van der Waals surface area contributed by atoms with Gasteiger partial charge < -0.3 is 14.6 Å². The molecule has 3 aromatic rings. The number of imidazole rings is 1. The highest BCUT2D eigenvalue weighted by Crippen LogP contribution is 2.22. The number of likely N-dealkylation sites (N-methyl/N-ethyl adjacent to an activating group) is 1. The van der Waals surface area contributed by atoms with E-state index in [4.69, 9.17) is 4.98 Å². The third-order valence-corrected chi connectivity index (χ3v) is 4.82. The van der Waals surface area contributed by atoms with Crippen LogP contribution < -0.4 is 0 Å². The molecule has 1 aliphatic rings. The van der Waals surface area contributed by atoms with E-state index in [1.165, 1.54) is 19.3 Å². The summed E-state index contributed by atoms with van der Waals surface area (Å²) >= 11 is 0. The largest absolute Gasteiger partial charge is 0.508 e. The normalized spacial score (nSPS) is 19.0. The van der Waals surface area contributed by atoms with Gasteiger partial charge in [0.15, 0.2) is 11.3 Å². The molecule has 6 heteroatoms. The van der Waals surface area contributed by atoms with Crippen LogP contribution in [-0.4, -0.2) is 49.2 Å². The Balaban J connectivity index is 1.67. The van der Waals surface area contributed by atoms with Gasteiger partial charge >= 0.3 is 0 Å². The zero-order chi connectivity index (χ0) is 16.5. The molecule has 0 radical (unpaired) electrons. The van der Waals surface area contributed by atoms with Gasteiger partial charge in [0, 0.05) is 18.2 Å². The Kier molecular flexibility index (Phi) is 3.90. The zero-order valence-electron chi connectivity index (χ0n) is 13.8. The third kappa shape index (κ3) is 2.85. The van der Waals surface area contributed by atoms with Crippen LogP contribution in [-0.2, 0) is 6.54 Å². The minimum Gasteiger partial charge on any atom is -0.508 e. The molecule has 2 aromatic heterocycles. The quantitative estimate of drug-likeness (QED) is 0.802. The molecule has 1 N–H and O–H groups in total. The molecule has 24 heavy (non-hydrogen) atoms. The second-order valence-corrected chi connectivity index (χ2v) is 6.48. The van der Waals surface area contributed by atoms with Gasteiger partial charge in [-0.1, -0.05) is 6.42 Å². The van der Waals surface area contributed by atoms with E-state index in [2.05, 4.69) is 26.5 Å². The maximum atomic E-state index is 9.44. The van der Waals surface area contributed by atoms with Crippen molar-refractivity contribution in [2.45, 2.75) is 31.8 Å². The predicted molar refractivity (Wildman–Crippen MR) is 92.7 cm³/mol. The van der Waals surface area contributed by atoms with Crippen molar-refractivity contribution in [3.05, 3.63) is 36.8 Å². The second-order valence-electron chi connectivity index (χ2n) is 6.48. The standard InChI is InChI=1S/C18H21N5O/c1-22-9-3-2-4-14(22)11-23-12-20-17-18(23)21-16(10-19-17)13-5-7-15(24)8-6-13/h5-8,10,12,14,24H,2-4,9,11H2,1H3. The number of hydrogen-bond donors (Lipinski definition) is 1. The number of rotatable bonds is 3. The van der Waals surface area contributed by atoms with Gasteiger partial charge in [0.1, 0.15) is 5.75 Å². The summed E-state index contributed by atoms with van der Waals surface area (Å²) < 4.78 is 2.11. The van der Waals surface area contributed by atoms with Gasteiger partial charge in [-0.15, -0.1) is 0 Å². The molecule has 1 aliphatic heterocycles. The summed E-state index contributed by atoms with van der Waals surface area (Å²) in [7, 11) is 2.19. The molecule has 1 unspecified atom stereocenters. The molecule has 4 rings (SSSR count). The minimum absolute atomic E-state index is 0.248. The average Bonchev–Trinajstić information content (AvgIpc) is 3.00. The smallest absolute Gasteiger partial charge is 0.197 e. The summed E-state index contributed by atoms with van der Waals surface area (Å²) in [6.07, 6.45) is 7.35. The van der Waals surface area contributed by atoms with Gasteiger partial charge in [-0.05, 0) is 50.7 Å². The van der Waals surface area contributed by atoms with Crippen molar-refractivity contribution < 1.29 is 5.11 Å². The summed E-state index contributed by atoms with van der Waals surface area (Å²) in [5.74, 6) is 0.248. The van der Waals surface area contributed by atoms with E-state index in [0.717, 1.165) is 30.0 Å². The Labute approximate surface area is 140 Å². The highest BCUT2D eigenvalue weighted by Gasteiger charge is 2.20. The van der Waals surface area contributed by atoms with E-state index in [0.29, 0.717) is 11.7 Å². The molecule has 1 aromatic carbocycles. The predicted octanol–water partition coefficient (Wildman–Crippen LogP) is 2.68. The van der Waals surface area contributed by atoms with Crippen LogP contribution in [0.1, 0.15) is 19.3 Å². The Bertz CT molecular complexity index is 842. The van der Waals surface area contributed by atoms with Gasteiger partial charge in [-0.25, -0.2) is 15.0 Å². The first-order chi connectivity index (χ1) is 11.7. The molecule has 3 heterocycles. The zero-order valence-corrected chi connectivity index (χ0v) is 13.8. The van der Waals surface area contributed by atoms with Gasteiger partial charge in [0.2, 0.25) is 0 Å². The lowest BCUT2D eigenvalue weighted by atomic mass is 10.0. The molecular formula is C18H21N5O. The first-order valence-electron chi connectivity index (χ1n) is 8.38. The number of likely N-dealkylation sites (tertiary alicyclic amines) is 1. The monoisotopic (exact) mass is 323 g/mol. The van der Waals surface area contributed by atoms with E-state index >= 15 is 0 Å². The minimum atomic E-state index is 0.248. The van der Waals surface area contributed by atoms with Crippen molar-refractivity contribution in [3.8, 4) is 17.0 Å². The first-order valence-corrected chi connectivity index (χ1v) is 8.38.